The summed E-state index contributed by atoms with van der Waals surface area (Å²) >= 11 is 3.19. The third-order valence-corrected chi connectivity index (χ3v) is 4.47. The Balaban J connectivity index is 2.03. The van der Waals surface area contributed by atoms with Crippen LogP contribution in [0.5, 0.6) is 0 Å². The van der Waals surface area contributed by atoms with E-state index in [1.165, 1.54) is 16.7 Å². The Hall–Kier alpha value is -1.27. The number of nitrogens with one attached hydrogen (secondary N) is 1. The van der Waals surface area contributed by atoms with Crippen LogP contribution in [0.4, 0.5) is 0 Å². The molecular formula is C13H15N3OS2. The van der Waals surface area contributed by atoms with E-state index in [1.54, 1.807) is 6.21 Å². The van der Waals surface area contributed by atoms with Crippen molar-refractivity contribution in [1.29, 1.82) is 0 Å². The number of amidine groups is 1. The molecule has 1 amide bonds. The zero-order valence-electron chi connectivity index (χ0n) is 10.6. The van der Waals surface area contributed by atoms with Gasteiger partial charge in [-0.25, -0.2) is 0 Å². The maximum Gasteiger partial charge on any atom is 0.236 e. The van der Waals surface area contributed by atoms with Crippen LogP contribution in [0.1, 0.15) is 18.9 Å². The standard InChI is InChI=1S/C13H15N3OS2/c1-2-7-18-11-6-4-3-5-10(11)8-14-16-13-15-12(17)9-19-13/h3-6,8H,2,7,9H2,1H3,(H,15,16,17). The number of carbonyl (C=O) groups is 1. The first-order chi connectivity index (χ1) is 9.29. The number of benzene rings is 1. The monoisotopic (exact) mass is 293 g/mol. The summed E-state index contributed by atoms with van der Waals surface area (Å²) in [6.07, 6.45) is 2.87. The highest BCUT2D eigenvalue weighted by atomic mass is 32.2. The number of hydrogen-bond donors (Lipinski definition) is 1. The third kappa shape index (κ3) is 4.40. The Kier molecular flexibility index (Phi) is 5.47. The van der Waals surface area contributed by atoms with Crippen molar-refractivity contribution in [2.24, 2.45) is 10.2 Å². The van der Waals surface area contributed by atoms with Crippen LogP contribution in [0, 0.1) is 0 Å². The number of amides is 1. The molecule has 0 spiro atoms. The van der Waals surface area contributed by atoms with E-state index in [0.717, 1.165) is 17.7 Å². The van der Waals surface area contributed by atoms with E-state index in [1.807, 2.05) is 30.0 Å². The molecule has 1 aromatic rings. The predicted octanol–water partition coefficient (Wildman–Crippen LogP) is 2.74. The molecule has 100 valence electrons. The molecule has 4 nitrogen and oxygen atoms in total. The highest BCUT2D eigenvalue weighted by Crippen LogP contribution is 2.22. The minimum Gasteiger partial charge on any atom is -0.303 e. The van der Waals surface area contributed by atoms with E-state index in [0.29, 0.717) is 10.9 Å². The van der Waals surface area contributed by atoms with Crippen LogP contribution in [0.3, 0.4) is 0 Å². The fraction of sp³-hybridized carbons (Fsp3) is 0.308. The maximum atomic E-state index is 11.0. The van der Waals surface area contributed by atoms with E-state index in [9.17, 15) is 4.79 Å². The van der Waals surface area contributed by atoms with E-state index in [-0.39, 0.29) is 5.91 Å². The summed E-state index contributed by atoms with van der Waals surface area (Å²) < 4.78 is 0. The molecule has 1 aromatic carbocycles. The molecular weight excluding hydrogens is 278 g/mol. The van der Waals surface area contributed by atoms with E-state index in [4.69, 9.17) is 0 Å². The van der Waals surface area contributed by atoms with Gasteiger partial charge in [0.05, 0.1) is 12.0 Å². The van der Waals surface area contributed by atoms with Gasteiger partial charge in [0.15, 0.2) is 5.17 Å². The highest BCUT2D eigenvalue weighted by molar-refractivity contribution is 8.15. The summed E-state index contributed by atoms with van der Waals surface area (Å²) in [5, 5.41) is 11.3. The fourth-order valence-electron chi connectivity index (χ4n) is 1.45. The molecule has 0 saturated carbocycles. The van der Waals surface area contributed by atoms with E-state index < -0.39 is 0 Å². The van der Waals surface area contributed by atoms with Crippen molar-refractivity contribution in [2.75, 3.05) is 11.5 Å². The van der Waals surface area contributed by atoms with Crippen molar-refractivity contribution < 1.29 is 4.79 Å². The first-order valence-electron chi connectivity index (χ1n) is 6.05. The molecule has 1 N–H and O–H groups in total. The van der Waals surface area contributed by atoms with Crippen LogP contribution in [-0.4, -0.2) is 28.8 Å². The van der Waals surface area contributed by atoms with Crippen LogP contribution < -0.4 is 5.32 Å². The van der Waals surface area contributed by atoms with Gasteiger partial charge in [0, 0.05) is 10.5 Å². The molecule has 0 bridgehead atoms. The van der Waals surface area contributed by atoms with Crippen LogP contribution >= 0.6 is 23.5 Å². The van der Waals surface area contributed by atoms with Crippen molar-refractivity contribution in [3.8, 4) is 0 Å². The largest absolute Gasteiger partial charge is 0.303 e. The summed E-state index contributed by atoms with van der Waals surface area (Å²) in [5.41, 5.74) is 1.06. The van der Waals surface area contributed by atoms with Gasteiger partial charge in [0.25, 0.3) is 0 Å². The van der Waals surface area contributed by atoms with Crippen molar-refractivity contribution in [2.45, 2.75) is 18.2 Å². The summed E-state index contributed by atoms with van der Waals surface area (Å²) in [5.74, 6) is 1.50. The Morgan fingerprint density at radius 3 is 3.05 bits per heavy atom. The van der Waals surface area contributed by atoms with Crippen molar-refractivity contribution in [3.63, 3.8) is 0 Å². The van der Waals surface area contributed by atoms with Gasteiger partial charge in [0.1, 0.15) is 0 Å². The smallest absolute Gasteiger partial charge is 0.236 e. The van der Waals surface area contributed by atoms with Gasteiger partial charge in [-0.1, -0.05) is 36.9 Å². The Morgan fingerprint density at radius 1 is 1.47 bits per heavy atom. The lowest BCUT2D eigenvalue weighted by atomic mass is 10.2. The second kappa shape index (κ2) is 7.35. The van der Waals surface area contributed by atoms with Gasteiger partial charge in [-0.3, -0.25) is 4.79 Å². The molecule has 1 aliphatic heterocycles. The Morgan fingerprint density at radius 2 is 2.32 bits per heavy atom. The Labute approximate surface area is 121 Å². The fourth-order valence-corrected chi connectivity index (χ4v) is 2.97. The van der Waals surface area contributed by atoms with Gasteiger partial charge < -0.3 is 5.32 Å². The number of carbonyl (C=O) groups excluding carboxylic acids is 1. The molecule has 19 heavy (non-hydrogen) atoms. The molecule has 0 unspecified atom stereocenters. The van der Waals surface area contributed by atoms with Gasteiger partial charge >= 0.3 is 0 Å². The quantitative estimate of drug-likeness (QED) is 0.516. The maximum absolute atomic E-state index is 11.0. The minimum absolute atomic E-state index is 0.0159. The lowest BCUT2D eigenvalue weighted by Gasteiger charge is -2.03. The molecule has 1 heterocycles. The van der Waals surface area contributed by atoms with Crippen LogP contribution in [0.15, 0.2) is 39.4 Å². The summed E-state index contributed by atoms with van der Waals surface area (Å²) in [6.45, 7) is 2.16. The molecule has 0 atom stereocenters. The molecule has 0 aliphatic carbocycles. The molecule has 1 saturated heterocycles. The van der Waals surface area contributed by atoms with Crippen molar-refractivity contribution in [1.82, 2.24) is 5.32 Å². The second-order valence-electron chi connectivity index (χ2n) is 3.87. The first-order valence-corrected chi connectivity index (χ1v) is 8.02. The molecule has 6 heteroatoms. The molecule has 0 radical (unpaired) electrons. The molecule has 1 fully saturated rings. The molecule has 1 aliphatic rings. The minimum atomic E-state index is -0.0159. The van der Waals surface area contributed by atoms with Gasteiger partial charge in [0.2, 0.25) is 5.91 Å². The summed E-state index contributed by atoms with van der Waals surface area (Å²) in [4.78, 5) is 12.2. The van der Waals surface area contributed by atoms with Crippen molar-refractivity contribution in [3.05, 3.63) is 29.8 Å². The first kappa shape index (κ1) is 14.1. The number of hydrogen-bond acceptors (Lipinski definition) is 5. The topological polar surface area (TPSA) is 53.8 Å². The normalized spacial score (nSPS) is 17.3. The van der Waals surface area contributed by atoms with Crippen LogP contribution in [0.25, 0.3) is 0 Å². The van der Waals surface area contributed by atoms with E-state index in [2.05, 4.69) is 28.5 Å². The Bertz CT molecular complexity index is 514. The SMILES string of the molecule is CCCSc1ccccc1C=NN=C1NC(=O)CS1. The summed E-state index contributed by atoms with van der Waals surface area (Å²) in [6, 6.07) is 8.10. The molecule has 2 rings (SSSR count). The molecule has 0 aromatic heterocycles. The van der Waals surface area contributed by atoms with Crippen LogP contribution in [-0.2, 0) is 4.79 Å². The number of thioether (sulfide) groups is 2. The van der Waals surface area contributed by atoms with Gasteiger partial charge in [-0.05, 0) is 18.2 Å². The van der Waals surface area contributed by atoms with Crippen LogP contribution in [0.2, 0.25) is 0 Å². The van der Waals surface area contributed by atoms with Gasteiger partial charge in [-0.15, -0.1) is 16.9 Å². The lowest BCUT2D eigenvalue weighted by Crippen LogP contribution is -2.19. The predicted molar refractivity (Wildman–Crippen MR) is 83.1 cm³/mol. The zero-order valence-corrected chi connectivity index (χ0v) is 12.3. The lowest BCUT2D eigenvalue weighted by molar-refractivity contribution is -0.116. The number of rotatable bonds is 5. The van der Waals surface area contributed by atoms with E-state index >= 15 is 0 Å². The summed E-state index contributed by atoms with van der Waals surface area (Å²) in [7, 11) is 0. The third-order valence-electron chi connectivity index (χ3n) is 2.31. The van der Waals surface area contributed by atoms with Gasteiger partial charge in [-0.2, -0.15) is 5.10 Å². The average Bonchev–Trinajstić information content (AvgIpc) is 2.83. The number of nitrogens with zero attached hydrogens (tertiary/aromatic N) is 2. The second-order valence-corrected chi connectivity index (χ2v) is 5.97. The zero-order chi connectivity index (χ0) is 13.5. The highest BCUT2D eigenvalue weighted by Gasteiger charge is 2.15. The van der Waals surface area contributed by atoms with Crippen molar-refractivity contribution >= 4 is 40.8 Å². The average molecular weight is 293 g/mol.